The van der Waals surface area contributed by atoms with Gasteiger partial charge in [0.15, 0.2) is 0 Å². The molecule has 54 heavy (non-hydrogen) atoms. The summed E-state index contributed by atoms with van der Waals surface area (Å²) in [5.41, 5.74) is 13.0. The molecule has 274 valence electrons. The van der Waals surface area contributed by atoms with Gasteiger partial charge >= 0.3 is 0 Å². The van der Waals surface area contributed by atoms with Crippen LogP contribution >= 0.6 is 0 Å². The lowest BCUT2D eigenvalue weighted by Gasteiger charge is -2.14. The van der Waals surface area contributed by atoms with Gasteiger partial charge in [-0.25, -0.2) is 0 Å². The number of benzene rings is 6. The number of fused-ring (bicyclic) bond motifs is 4. The quantitative estimate of drug-likeness (QED) is 0.0537. The standard InChI is InChI=1S/C52H58Si2/c1-8-9-10-11-12-13-14-15-16-17-28-46-47-29-20-24-41(51(47)39-52-43(25-21-30-48(46)52)34-36-54(5,6)7)32-31-40-22-18-26-44-37-45-27-19-23-42(33-35-53(2,3)4)50(45)38-49(40)44/h18-27,29-30,37-39H,8-17,28H2,1-7H3. The molecular formula is C52H58Si2. The van der Waals surface area contributed by atoms with Crippen LogP contribution in [0.2, 0.25) is 39.3 Å². The Hall–Kier alpha value is -4.53. The van der Waals surface area contributed by atoms with E-state index in [-0.39, 0.29) is 0 Å². The summed E-state index contributed by atoms with van der Waals surface area (Å²) in [6.07, 6.45) is 14.5. The minimum absolute atomic E-state index is 1.05. The third kappa shape index (κ3) is 10.2. The van der Waals surface area contributed by atoms with Crippen molar-refractivity contribution in [1.82, 2.24) is 0 Å². The topological polar surface area (TPSA) is 0 Å². The fourth-order valence-electron chi connectivity index (χ4n) is 7.45. The molecule has 0 N–H and O–H groups in total. The second-order valence-electron chi connectivity index (χ2n) is 17.2. The molecule has 6 aromatic carbocycles. The molecule has 0 atom stereocenters. The summed E-state index contributed by atoms with van der Waals surface area (Å²) in [4.78, 5) is 0. The van der Waals surface area contributed by atoms with Gasteiger partial charge in [-0.2, -0.15) is 0 Å². The van der Waals surface area contributed by atoms with Crippen LogP contribution in [0.15, 0.2) is 91.0 Å². The summed E-state index contributed by atoms with van der Waals surface area (Å²) in [6.45, 7) is 16.2. The van der Waals surface area contributed by atoms with E-state index in [1.807, 2.05) is 0 Å². The molecule has 0 saturated carbocycles. The molecule has 2 heteroatoms. The van der Waals surface area contributed by atoms with Crippen molar-refractivity contribution in [3.05, 3.63) is 119 Å². The molecule has 0 spiro atoms. The predicted molar refractivity (Wildman–Crippen MR) is 245 cm³/mol. The van der Waals surface area contributed by atoms with Crippen LogP contribution in [0, 0.1) is 34.8 Å². The van der Waals surface area contributed by atoms with E-state index < -0.39 is 16.1 Å². The molecule has 0 bridgehead atoms. The summed E-state index contributed by atoms with van der Waals surface area (Å²) < 4.78 is 0. The van der Waals surface area contributed by atoms with Crippen molar-refractivity contribution in [3.63, 3.8) is 0 Å². The van der Waals surface area contributed by atoms with Crippen LogP contribution in [-0.2, 0) is 6.42 Å². The molecule has 0 aliphatic rings. The van der Waals surface area contributed by atoms with Crippen LogP contribution in [0.5, 0.6) is 0 Å². The van der Waals surface area contributed by atoms with Crippen molar-refractivity contribution in [1.29, 1.82) is 0 Å². The summed E-state index contributed by atoms with van der Waals surface area (Å²) in [5, 5.41) is 9.97. The highest BCUT2D eigenvalue weighted by molar-refractivity contribution is 6.84. The Morgan fingerprint density at radius 2 is 0.778 bits per heavy atom. The predicted octanol–water partition coefficient (Wildman–Crippen LogP) is 14.6. The minimum Gasteiger partial charge on any atom is -0.127 e. The number of aryl methyl sites for hydroxylation is 1. The van der Waals surface area contributed by atoms with Gasteiger partial charge in [-0.05, 0) is 104 Å². The van der Waals surface area contributed by atoms with Gasteiger partial charge in [0.25, 0.3) is 0 Å². The van der Waals surface area contributed by atoms with Crippen molar-refractivity contribution in [2.24, 2.45) is 0 Å². The zero-order chi connectivity index (χ0) is 38.1. The van der Waals surface area contributed by atoms with E-state index in [2.05, 4.69) is 172 Å². The summed E-state index contributed by atoms with van der Waals surface area (Å²) in [5.74, 6) is 14.5. The highest BCUT2D eigenvalue weighted by Gasteiger charge is 2.14. The van der Waals surface area contributed by atoms with Crippen molar-refractivity contribution in [3.8, 4) is 34.8 Å². The molecule has 0 unspecified atom stereocenters. The van der Waals surface area contributed by atoms with Gasteiger partial charge in [0.1, 0.15) is 16.1 Å². The second kappa shape index (κ2) is 17.7. The zero-order valence-corrected chi connectivity index (χ0v) is 35.9. The Labute approximate surface area is 328 Å². The molecule has 0 aliphatic heterocycles. The van der Waals surface area contributed by atoms with E-state index in [1.54, 1.807) is 0 Å². The van der Waals surface area contributed by atoms with E-state index >= 15 is 0 Å². The van der Waals surface area contributed by atoms with E-state index in [9.17, 15) is 0 Å². The maximum atomic E-state index is 3.68. The maximum absolute atomic E-state index is 3.68. The molecule has 0 aliphatic carbocycles. The van der Waals surface area contributed by atoms with Crippen LogP contribution in [0.1, 0.15) is 98.9 Å². The minimum atomic E-state index is -1.55. The van der Waals surface area contributed by atoms with Crippen LogP contribution < -0.4 is 0 Å². The maximum Gasteiger partial charge on any atom is 0.129 e. The van der Waals surface area contributed by atoms with Gasteiger partial charge in [-0.1, -0.05) is 176 Å². The third-order valence-corrected chi connectivity index (χ3v) is 12.0. The molecule has 0 nitrogen and oxygen atoms in total. The van der Waals surface area contributed by atoms with Crippen LogP contribution in [0.3, 0.4) is 0 Å². The highest BCUT2D eigenvalue weighted by Crippen LogP contribution is 2.34. The average molecular weight is 739 g/mol. The summed E-state index contributed by atoms with van der Waals surface area (Å²) in [7, 11) is -3.06. The second-order valence-corrected chi connectivity index (χ2v) is 26.7. The van der Waals surface area contributed by atoms with Crippen molar-refractivity contribution in [2.75, 3.05) is 0 Å². The lowest BCUT2D eigenvalue weighted by atomic mass is 9.89. The Morgan fingerprint density at radius 1 is 0.389 bits per heavy atom. The monoisotopic (exact) mass is 738 g/mol. The molecule has 0 aromatic heterocycles. The van der Waals surface area contributed by atoms with E-state index in [4.69, 9.17) is 0 Å². The molecule has 6 rings (SSSR count). The molecular weight excluding hydrogens is 681 g/mol. The van der Waals surface area contributed by atoms with Gasteiger partial charge in [-0.3, -0.25) is 0 Å². The zero-order valence-electron chi connectivity index (χ0n) is 33.9. The van der Waals surface area contributed by atoms with Crippen LogP contribution in [0.25, 0.3) is 43.1 Å². The first-order valence-corrected chi connectivity index (χ1v) is 27.5. The SMILES string of the molecule is CCCCCCCCCCCCc1c2cccc(C#Cc3cccc4cc5cccc(C#C[Si](C)(C)C)c5cc34)c2cc2c(C#C[Si](C)(C)C)cccc12. The Bertz CT molecular complexity index is 2470. The number of hydrogen-bond donors (Lipinski definition) is 0. The fourth-order valence-corrected chi connectivity index (χ4v) is 8.47. The number of hydrogen-bond acceptors (Lipinski definition) is 0. The fraction of sp³-hybridized carbons (Fsp3) is 0.346. The lowest BCUT2D eigenvalue weighted by Crippen LogP contribution is -2.16. The van der Waals surface area contributed by atoms with Crippen LogP contribution in [0.4, 0.5) is 0 Å². The van der Waals surface area contributed by atoms with Gasteiger partial charge < -0.3 is 0 Å². The van der Waals surface area contributed by atoms with Crippen molar-refractivity contribution < 1.29 is 0 Å². The largest absolute Gasteiger partial charge is 0.129 e. The van der Waals surface area contributed by atoms with E-state index in [0.29, 0.717) is 0 Å². The first-order valence-electron chi connectivity index (χ1n) is 20.5. The summed E-state index contributed by atoms with van der Waals surface area (Å²) in [6, 6.07) is 33.4. The molecule has 6 aromatic rings. The Balaban J connectivity index is 1.39. The molecule has 0 amide bonds. The van der Waals surface area contributed by atoms with Crippen LogP contribution in [-0.4, -0.2) is 16.1 Å². The number of rotatable bonds is 11. The first kappa shape index (κ1) is 39.2. The normalized spacial score (nSPS) is 11.6. The molecule has 0 radical (unpaired) electrons. The Morgan fingerprint density at radius 3 is 1.26 bits per heavy atom. The van der Waals surface area contributed by atoms with Crippen molar-refractivity contribution >= 4 is 59.2 Å². The molecule has 0 saturated heterocycles. The highest BCUT2D eigenvalue weighted by atomic mass is 28.3. The van der Waals surface area contributed by atoms with E-state index in [0.717, 1.165) is 28.7 Å². The van der Waals surface area contributed by atoms with Gasteiger partial charge in [-0.15, -0.1) is 11.1 Å². The van der Waals surface area contributed by atoms with Gasteiger partial charge in [0.05, 0.1) is 0 Å². The average Bonchev–Trinajstić information content (AvgIpc) is 3.14. The van der Waals surface area contributed by atoms with E-state index in [1.165, 1.54) is 113 Å². The molecule has 0 heterocycles. The first-order chi connectivity index (χ1) is 26.0. The lowest BCUT2D eigenvalue weighted by molar-refractivity contribution is 0.557. The Kier molecular flexibility index (Phi) is 12.9. The van der Waals surface area contributed by atoms with Crippen molar-refractivity contribution in [2.45, 2.75) is 117 Å². The third-order valence-electron chi connectivity index (χ3n) is 10.3. The van der Waals surface area contributed by atoms with Gasteiger partial charge in [0, 0.05) is 22.3 Å². The number of unbranched alkanes of at least 4 members (excludes halogenated alkanes) is 9. The smallest absolute Gasteiger partial charge is 0.127 e. The van der Waals surface area contributed by atoms with Gasteiger partial charge in [0.2, 0.25) is 0 Å². The summed E-state index contributed by atoms with van der Waals surface area (Å²) >= 11 is 0. The molecule has 0 fully saturated rings.